The first-order valence-corrected chi connectivity index (χ1v) is 6.00. The molecule has 1 saturated heterocycles. The highest BCUT2D eigenvalue weighted by Gasteiger charge is 2.34. The van der Waals surface area contributed by atoms with Crippen LogP contribution in [0.2, 0.25) is 0 Å². The number of aryl methyl sites for hydroxylation is 1. The van der Waals surface area contributed by atoms with Crippen molar-refractivity contribution >= 4 is 0 Å². The zero-order chi connectivity index (χ0) is 13.2. The summed E-state index contributed by atoms with van der Waals surface area (Å²) in [5, 5.41) is 6.75. The molecular formula is C11H17F3N4. The maximum Gasteiger partial charge on any atom is 0.435 e. The molecule has 0 radical (unpaired) electrons. The summed E-state index contributed by atoms with van der Waals surface area (Å²) in [5.41, 5.74) is -0.179. The van der Waals surface area contributed by atoms with Crippen molar-refractivity contribution in [3.8, 4) is 0 Å². The summed E-state index contributed by atoms with van der Waals surface area (Å²) in [5.74, 6) is 0. The zero-order valence-corrected chi connectivity index (χ0v) is 10.3. The summed E-state index contributed by atoms with van der Waals surface area (Å²) in [4.78, 5) is 2.25. The highest BCUT2D eigenvalue weighted by Crippen LogP contribution is 2.28. The quantitative estimate of drug-likeness (QED) is 0.878. The van der Waals surface area contributed by atoms with Gasteiger partial charge in [-0.25, -0.2) is 0 Å². The molecule has 0 spiro atoms. The number of hydrogen-bond acceptors (Lipinski definition) is 3. The summed E-state index contributed by atoms with van der Waals surface area (Å²) in [6, 6.07) is 1.14. The van der Waals surface area contributed by atoms with Crippen LogP contribution < -0.4 is 5.32 Å². The van der Waals surface area contributed by atoms with Crippen LogP contribution >= 0.6 is 0 Å². The molecule has 1 aromatic rings. The Hall–Kier alpha value is -1.08. The molecule has 2 rings (SSSR count). The van der Waals surface area contributed by atoms with E-state index in [-0.39, 0.29) is 0 Å². The number of rotatable bonds is 3. The number of piperazine rings is 1. The van der Waals surface area contributed by atoms with Crippen molar-refractivity contribution in [1.29, 1.82) is 0 Å². The van der Waals surface area contributed by atoms with E-state index in [9.17, 15) is 13.2 Å². The van der Waals surface area contributed by atoms with E-state index in [2.05, 4.69) is 15.3 Å². The predicted molar refractivity (Wildman–Crippen MR) is 61.2 cm³/mol. The van der Waals surface area contributed by atoms with Gasteiger partial charge in [0.25, 0.3) is 0 Å². The van der Waals surface area contributed by atoms with Crippen LogP contribution in [0.1, 0.15) is 11.4 Å². The molecule has 2 heterocycles. The molecule has 0 bridgehead atoms. The Morgan fingerprint density at radius 2 is 2.00 bits per heavy atom. The van der Waals surface area contributed by atoms with Crippen molar-refractivity contribution < 1.29 is 13.2 Å². The second kappa shape index (κ2) is 5.27. The Balaban J connectivity index is 1.94. The predicted octanol–water partition coefficient (Wildman–Crippen LogP) is 0.887. The van der Waals surface area contributed by atoms with Gasteiger partial charge in [0.2, 0.25) is 0 Å². The first-order valence-electron chi connectivity index (χ1n) is 6.00. The Bertz CT molecular complexity index is 393. The molecule has 0 aliphatic carbocycles. The van der Waals surface area contributed by atoms with E-state index < -0.39 is 11.9 Å². The standard InChI is InChI=1S/C11H17F3N4/c1-17-9(8-10(16-17)11(12,13)14)2-5-18-6-3-15-4-7-18/h8,15H,2-7H2,1H3. The molecule has 0 amide bonds. The Kier molecular flexibility index (Phi) is 3.91. The molecule has 18 heavy (non-hydrogen) atoms. The summed E-state index contributed by atoms with van der Waals surface area (Å²) in [6.07, 6.45) is -3.76. The lowest BCUT2D eigenvalue weighted by Gasteiger charge is -2.26. The minimum absolute atomic E-state index is 0.597. The third-order valence-electron chi connectivity index (χ3n) is 3.16. The van der Waals surface area contributed by atoms with Gasteiger partial charge in [0, 0.05) is 51.9 Å². The van der Waals surface area contributed by atoms with Gasteiger partial charge in [-0.3, -0.25) is 4.68 Å². The van der Waals surface area contributed by atoms with Gasteiger partial charge >= 0.3 is 6.18 Å². The average molecular weight is 262 g/mol. The smallest absolute Gasteiger partial charge is 0.314 e. The highest BCUT2D eigenvalue weighted by atomic mass is 19.4. The zero-order valence-electron chi connectivity index (χ0n) is 10.3. The molecule has 1 aliphatic heterocycles. The van der Waals surface area contributed by atoms with Crippen LogP contribution in [0.4, 0.5) is 13.2 Å². The van der Waals surface area contributed by atoms with Crippen molar-refractivity contribution in [1.82, 2.24) is 20.0 Å². The molecule has 1 aromatic heterocycles. The van der Waals surface area contributed by atoms with Gasteiger partial charge in [0.05, 0.1) is 0 Å². The topological polar surface area (TPSA) is 33.1 Å². The molecule has 0 saturated carbocycles. The van der Waals surface area contributed by atoms with Crippen molar-refractivity contribution in [2.45, 2.75) is 12.6 Å². The van der Waals surface area contributed by atoms with Crippen LogP contribution in [0, 0.1) is 0 Å². The van der Waals surface area contributed by atoms with Gasteiger partial charge in [0.1, 0.15) is 0 Å². The van der Waals surface area contributed by atoms with Crippen LogP contribution in [-0.2, 0) is 19.6 Å². The van der Waals surface area contributed by atoms with Crippen molar-refractivity contribution in [2.24, 2.45) is 7.05 Å². The van der Waals surface area contributed by atoms with E-state index in [4.69, 9.17) is 0 Å². The number of alkyl halides is 3. The second-order valence-corrected chi connectivity index (χ2v) is 4.48. The van der Waals surface area contributed by atoms with Crippen LogP contribution in [0.15, 0.2) is 6.07 Å². The number of nitrogens with zero attached hydrogens (tertiary/aromatic N) is 3. The third kappa shape index (κ3) is 3.23. The van der Waals surface area contributed by atoms with Crippen LogP contribution in [0.25, 0.3) is 0 Å². The lowest BCUT2D eigenvalue weighted by atomic mass is 10.2. The van der Waals surface area contributed by atoms with Crippen molar-refractivity contribution in [3.63, 3.8) is 0 Å². The SMILES string of the molecule is Cn1nc(C(F)(F)F)cc1CCN1CCNCC1. The van der Waals surface area contributed by atoms with Gasteiger partial charge in [-0.2, -0.15) is 18.3 Å². The van der Waals surface area contributed by atoms with E-state index in [1.165, 1.54) is 4.68 Å². The minimum Gasteiger partial charge on any atom is -0.314 e. The van der Waals surface area contributed by atoms with E-state index in [0.717, 1.165) is 38.8 Å². The van der Waals surface area contributed by atoms with Crippen LogP contribution in [0.5, 0.6) is 0 Å². The van der Waals surface area contributed by atoms with E-state index in [0.29, 0.717) is 12.1 Å². The lowest BCUT2D eigenvalue weighted by Crippen LogP contribution is -2.44. The number of aromatic nitrogens is 2. The monoisotopic (exact) mass is 262 g/mol. The largest absolute Gasteiger partial charge is 0.435 e. The third-order valence-corrected chi connectivity index (χ3v) is 3.16. The van der Waals surface area contributed by atoms with Crippen molar-refractivity contribution in [2.75, 3.05) is 32.7 Å². The summed E-state index contributed by atoms with van der Waals surface area (Å²) < 4.78 is 38.8. The molecule has 1 fully saturated rings. The molecule has 4 nitrogen and oxygen atoms in total. The fourth-order valence-corrected chi connectivity index (χ4v) is 2.09. The second-order valence-electron chi connectivity index (χ2n) is 4.48. The maximum atomic E-state index is 12.5. The highest BCUT2D eigenvalue weighted by molar-refractivity contribution is 5.13. The van der Waals surface area contributed by atoms with Gasteiger partial charge in [-0.1, -0.05) is 0 Å². The number of halogens is 3. The number of nitrogens with one attached hydrogen (secondary N) is 1. The fraction of sp³-hybridized carbons (Fsp3) is 0.727. The summed E-state index contributed by atoms with van der Waals surface area (Å²) in [7, 11) is 1.56. The molecule has 1 N–H and O–H groups in total. The molecule has 0 aromatic carbocycles. The summed E-state index contributed by atoms with van der Waals surface area (Å²) in [6.45, 7) is 4.56. The Morgan fingerprint density at radius 3 is 2.56 bits per heavy atom. The summed E-state index contributed by atoms with van der Waals surface area (Å²) >= 11 is 0. The normalized spacial score (nSPS) is 18.2. The average Bonchev–Trinajstić information content (AvgIpc) is 2.69. The van der Waals surface area contributed by atoms with E-state index >= 15 is 0 Å². The van der Waals surface area contributed by atoms with Gasteiger partial charge in [0.15, 0.2) is 5.69 Å². The first kappa shape index (κ1) is 13.4. The van der Waals surface area contributed by atoms with Gasteiger partial charge < -0.3 is 10.2 Å². The molecule has 1 aliphatic rings. The Labute approximate surface area is 104 Å². The Morgan fingerprint density at radius 1 is 1.33 bits per heavy atom. The molecule has 102 valence electrons. The van der Waals surface area contributed by atoms with Crippen LogP contribution in [-0.4, -0.2) is 47.4 Å². The van der Waals surface area contributed by atoms with E-state index in [1.807, 2.05) is 0 Å². The molecule has 0 atom stereocenters. The van der Waals surface area contributed by atoms with Gasteiger partial charge in [-0.15, -0.1) is 0 Å². The molecule has 7 heteroatoms. The lowest BCUT2D eigenvalue weighted by molar-refractivity contribution is -0.141. The van der Waals surface area contributed by atoms with E-state index in [1.54, 1.807) is 7.05 Å². The maximum absolute atomic E-state index is 12.5. The van der Waals surface area contributed by atoms with Crippen LogP contribution in [0.3, 0.4) is 0 Å². The fourth-order valence-electron chi connectivity index (χ4n) is 2.09. The van der Waals surface area contributed by atoms with Crippen molar-refractivity contribution in [3.05, 3.63) is 17.5 Å². The first-order chi connectivity index (χ1) is 8.47. The van der Waals surface area contributed by atoms with Gasteiger partial charge in [-0.05, 0) is 6.07 Å². The number of hydrogen-bond donors (Lipinski definition) is 1. The minimum atomic E-state index is -4.36. The molecule has 0 unspecified atom stereocenters. The molecular weight excluding hydrogens is 245 g/mol.